The molecule has 0 radical (unpaired) electrons. The van der Waals surface area contributed by atoms with Gasteiger partial charge in [-0.05, 0) is 24.3 Å². The van der Waals surface area contributed by atoms with Crippen LogP contribution >= 0.6 is 0 Å². The van der Waals surface area contributed by atoms with Crippen LogP contribution < -0.4 is 5.32 Å². The van der Waals surface area contributed by atoms with E-state index < -0.39 is 0 Å². The summed E-state index contributed by atoms with van der Waals surface area (Å²) in [5, 5.41) is 7.69. The van der Waals surface area contributed by atoms with E-state index in [-0.39, 0.29) is 5.54 Å². The summed E-state index contributed by atoms with van der Waals surface area (Å²) in [6.45, 7) is 1.97. The maximum Gasteiger partial charge on any atom is 0.185 e. The maximum atomic E-state index is 5.42. The first-order valence-electron chi connectivity index (χ1n) is 7.55. The summed E-state index contributed by atoms with van der Waals surface area (Å²) in [6.07, 6.45) is 4.16. The zero-order chi connectivity index (χ0) is 15.5. The zero-order valence-corrected chi connectivity index (χ0v) is 12.6. The van der Waals surface area contributed by atoms with E-state index in [9.17, 15) is 0 Å². The fourth-order valence-corrected chi connectivity index (χ4v) is 2.67. The minimum absolute atomic E-state index is 0.120. The highest BCUT2D eigenvalue weighted by Gasteiger charge is 2.39. The molecule has 4 rings (SSSR count). The summed E-state index contributed by atoms with van der Waals surface area (Å²) in [6, 6.07) is 11.5. The van der Waals surface area contributed by atoms with Crippen molar-refractivity contribution >= 4 is 0 Å². The molecule has 0 atom stereocenters. The van der Waals surface area contributed by atoms with Gasteiger partial charge < -0.3 is 13.7 Å². The second-order valence-electron chi connectivity index (χ2n) is 5.78. The standard InChI is InChI=1S/C17H17N3O3/c1-2-6-18-15(5-1)16-8-13(20-23-16)9-17(11-21-12-17)19-10-14-4-3-7-22-14/h1-8,19H,9-12H2. The second-order valence-corrected chi connectivity index (χ2v) is 5.78. The van der Waals surface area contributed by atoms with Crippen LogP contribution in [0.1, 0.15) is 11.5 Å². The van der Waals surface area contributed by atoms with Gasteiger partial charge in [-0.3, -0.25) is 10.3 Å². The first-order valence-corrected chi connectivity index (χ1v) is 7.55. The van der Waals surface area contributed by atoms with Gasteiger partial charge in [-0.15, -0.1) is 0 Å². The Bertz CT molecular complexity index is 749. The molecule has 0 aliphatic carbocycles. The van der Waals surface area contributed by atoms with Crippen LogP contribution in [0, 0.1) is 0 Å². The SMILES string of the molecule is c1ccc(-c2cc(CC3(NCc4ccco4)COC3)no2)nc1. The first-order chi connectivity index (χ1) is 11.3. The second kappa shape index (κ2) is 5.98. The average Bonchev–Trinajstić information content (AvgIpc) is 3.22. The first kappa shape index (κ1) is 14.2. The van der Waals surface area contributed by atoms with Gasteiger partial charge in [0.15, 0.2) is 5.76 Å². The molecule has 23 heavy (non-hydrogen) atoms. The van der Waals surface area contributed by atoms with Gasteiger partial charge in [0.05, 0.1) is 37.3 Å². The molecule has 6 nitrogen and oxygen atoms in total. The lowest BCUT2D eigenvalue weighted by molar-refractivity contribution is -0.0761. The van der Waals surface area contributed by atoms with Crippen molar-refractivity contribution in [1.29, 1.82) is 0 Å². The third kappa shape index (κ3) is 3.04. The smallest absolute Gasteiger partial charge is 0.185 e. The molecule has 118 valence electrons. The van der Waals surface area contributed by atoms with Crippen molar-refractivity contribution in [2.45, 2.75) is 18.5 Å². The van der Waals surface area contributed by atoms with Crippen LogP contribution in [0.5, 0.6) is 0 Å². The minimum Gasteiger partial charge on any atom is -0.468 e. The van der Waals surface area contributed by atoms with E-state index in [0.29, 0.717) is 25.5 Å². The highest BCUT2D eigenvalue weighted by atomic mass is 16.5. The summed E-state index contributed by atoms with van der Waals surface area (Å²) in [7, 11) is 0. The molecule has 0 spiro atoms. The van der Waals surface area contributed by atoms with Gasteiger partial charge in [0.2, 0.25) is 0 Å². The molecule has 1 fully saturated rings. The van der Waals surface area contributed by atoms with Crippen molar-refractivity contribution in [3.8, 4) is 11.5 Å². The predicted octanol–water partition coefficient (Wildman–Crippen LogP) is 2.43. The van der Waals surface area contributed by atoms with Gasteiger partial charge in [-0.1, -0.05) is 11.2 Å². The molecular weight excluding hydrogens is 294 g/mol. The number of furan rings is 1. The Morgan fingerprint density at radius 3 is 2.83 bits per heavy atom. The van der Waals surface area contributed by atoms with Crippen molar-refractivity contribution < 1.29 is 13.7 Å². The Balaban J connectivity index is 1.45. The monoisotopic (exact) mass is 311 g/mol. The fraction of sp³-hybridized carbons (Fsp3) is 0.294. The molecule has 0 unspecified atom stereocenters. The number of nitrogens with zero attached hydrogens (tertiary/aromatic N) is 2. The molecule has 0 amide bonds. The molecule has 0 aromatic carbocycles. The highest BCUT2D eigenvalue weighted by molar-refractivity contribution is 5.51. The third-order valence-electron chi connectivity index (χ3n) is 3.97. The van der Waals surface area contributed by atoms with Crippen LogP contribution in [0.25, 0.3) is 11.5 Å². The van der Waals surface area contributed by atoms with Crippen molar-refractivity contribution in [1.82, 2.24) is 15.5 Å². The summed E-state index contributed by atoms with van der Waals surface area (Å²) >= 11 is 0. The number of pyridine rings is 1. The fourth-order valence-electron chi connectivity index (χ4n) is 2.67. The number of rotatable bonds is 6. The van der Waals surface area contributed by atoms with Gasteiger partial charge in [-0.2, -0.15) is 0 Å². The topological polar surface area (TPSA) is 73.3 Å². The van der Waals surface area contributed by atoms with E-state index in [1.165, 1.54) is 0 Å². The third-order valence-corrected chi connectivity index (χ3v) is 3.97. The lowest BCUT2D eigenvalue weighted by Gasteiger charge is -2.41. The average molecular weight is 311 g/mol. The summed E-state index contributed by atoms with van der Waals surface area (Å²) in [5.74, 6) is 1.59. The van der Waals surface area contributed by atoms with Crippen molar-refractivity contribution in [2.75, 3.05) is 13.2 Å². The van der Waals surface area contributed by atoms with Crippen LogP contribution in [0.4, 0.5) is 0 Å². The Morgan fingerprint density at radius 2 is 2.13 bits per heavy atom. The molecular formula is C17H17N3O3. The van der Waals surface area contributed by atoms with E-state index >= 15 is 0 Å². The molecule has 1 aliphatic rings. The minimum atomic E-state index is -0.120. The van der Waals surface area contributed by atoms with Gasteiger partial charge in [-0.25, -0.2) is 0 Å². The van der Waals surface area contributed by atoms with Crippen LogP contribution in [-0.2, 0) is 17.7 Å². The Labute approximate surface area is 133 Å². The van der Waals surface area contributed by atoms with Crippen molar-refractivity contribution in [3.63, 3.8) is 0 Å². The van der Waals surface area contributed by atoms with Crippen LogP contribution in [0.2, 0.25) is 0 Å². The number of nitrogens with one attached hydrogen (secondary N) is 1. The molecule has 1 saturated heterocycles. The van der Waals surface area contributed by atoms with Crippen LogP contribution in [-0.4, -0.2) is 28.9 Å². The molecule has 0 bridgehead atoms. The molecule has 1 aliphatic heterocycles. The Morgan fingerprint density at radius 1 is 1.17 bits per heavy atom. The molecule has 4 heterocycles. The lowest BCUT2D eigenvalue weighted by Crippen LogP contribution is -2.61. The molecule has 6 heteroatoms. The van der Waals surface area contributed by atoms with Gasteiger partial charge in [0.1, 0.15) is 11.5 Å². The van der Waals surface area contributed by atoms with E-state index in [1.807, 2.05) is 36.4 Å². The molecule has 1 N–H and O–H groups in total. The van der Waals surface area contributed by atoms with Gasteiger partial charge >= 0.3 is 0 Å². The quantitative estimate of drug-likeness (QED) is 0.754. The Hall–Kier alpha value is -2.44. The molecule has 0 saturated carbocycles. The van der Waals surface area contributed by atoms with Crippen LogP contribution in [0.3, 0.4) is 0 Å². The van der Waals surface area contributed by atoms with E-state index in [1.54, 1.807) is 12.5 Å². The number of aromatic nitrogens is 2. The summed E-state index contributed by atoms with van der Waals surface area (Å²) in [5.41, 5.74) is 1.56. The Kier molecular flexibility index (Phi) is 3.69. The van der Waals surface area contributed by atoms with E-state index in [4.69, 9.17) is 13.7 Å². The molecule has 3 aromatic rings. The van der Waals surface area contributed by atoms with Crippen molar-refractivity contribution in [3.05, 3.63) is 60.3 Å². The van der Waals surface area contributed by atoms with E-state index in [2.05, 4.69) is 15.5 Å². The summed E-state index contributed by atoms with van der Waals surface area (Å²) < 4.78 is 16.2. The highest BCUT2D eigenvalue weighted by Crippen LogP contribution is 2.25. The zero-order valence-electron chi connectivity index (χ0n) is 12.6. The molecule has 3 aromatic heterocycles. The van der Waals surface area contributed by atoms with Gasteiger partial charge in [0, 0.05) is 18.7 Å². The van der Waals surface area contributed by atoms with Crippen LogP contribution in [0.15, 0.2) is 57.8 Å². The van der Waals surface area contributed by atoms with Gasteiger partial charge in [0.25, 0.3) is 0 Å². The normalized spacial score (nSPS) is 16.2. The largest absolute Gasteiger partial charge is 0.468 e. The predicted molar refractivity (Wildman–Crippen MR) is 82.5 cm³/mol. The number of hydrogen-bond acceptors (Lipinski definition) is 6. The summed E-state index contributed by atoms with van der Waals surface area (Å²) in [4.78, 5) is 4.28. The van der Waals surface area contributed by atoms with E-state index in [0.717, 1.165) is 23.6 Å². The maximum absolute atomic E-state index is 5.42. The number of hydrogen-bond donors (Lipinski definition) is 1. The van der Waals surface area contributed by atoms with Crippen molar-refractivity contribution in [2.24, 2.45) is 0 Å². The lowest BCUT2D eigenvalue weighted by atomic mass is 9.91. The number of ether oxygens (including phenoxy) is 1.